The summed E-state index contributed by atoms with van der Waals surface area (Å²) in [5.74, 6) is -1.14. The number of benzene rings is 2. The zero-order valence-electron chi connectivity index (χ0n) is 16.7. The fourth-order valence-electron chi connectivity index (χ4n) is 3.17. The maximum atomic E-state index is 13.1. The molecule has 10 heteroatoms. The van der Waals surface area contributed by atoms with Gasteiger partial charge in [0, 0.05) is 23.6 Å². The molecule has 0 saturated heterocycles. The van der Waals surface area contributed by atoms with Gasteiger partial charge >= 0.3 is 6.18 Å². The Labute approximate surface area is 187 Å². The first-order valence-electron chi connectivity index (χ1n) is 9.28. The number of sulfone groups is 1. The van der Waals surface area contributed by atoms with E-state index in [-0.39, 0.29) is 37.9 Å². The lowest BCUT2D eigenvalue weighted by atomic mass is 9.98. The zero-order chi connectivity index (χ0) is 23.7. The van der Waals surface area contributed by atoms with Crippen molar-refractivity contribution >= 4 is 27.2 Å². The van der Waals surface area contributed by atoms with Crippen LogP contribution in [-0.2, 0) is 22.0 Å². The highest BCUT2D eigenvalue weighted by Gasteiger charge is 2.28. The predicted molar refractivity (Wildman–Crippen MR) is 112 cm³/mol. The summed E-state index contributed by atoms with van der Waals surface area (Å²) in [7, 11) is -3.99. The molecule has 0 N–H and O–H groups in total. The largest absolute Gasteiger partial charge is 0.618 e. The number of rotatable bonds is 6. The van der Waals surface area contributed by atoms with Crippen molar-refractivity contribution in [2.24, 2.45) is 0 Å². The van der Waals surface area contributed by atoms with Crippen molar-refractivity contribution in [1.29, 1.82) is 0 Å². The summed E-state index contributed by atoms with van der Waals surface area (Å²) in [6.07, 6.45) is -4.34. The molecule has 0 aliphatic rings. The molecule has 32 heavy (non-hydrogen) atoms. The third kappa shape index (κ3) is 5.46. The van der Waals surface area contributed by atoms with Crippen molar-refractivity contribution in [2.75, 3.05) is 0 Å². The second-order valence-electron chi connectivity index (χ2n) is 7.16. The molecular weight excluding hydrogens is 467 g/mol. The summed E-state index contributed by atoms with van der Waals surface area (Å²) in [6, 6.07) is 11.4. The maximum Gasteiger partial charge on any atom is 0.393 e. The molecule has 1 heterocycles. The fraction of sp³-hybridized carbons (Fsp3) is 0.182. The number of halogens is 4. The predicted octanol–water partition coefficient (Wildman–Crippen LogP) is 4.59. The van der Waals surface area contributed by atoms with Crippen molar-refractivity contribution in [2.45, 2.75) is 30.2 Å². The lowest BCUT2D eigenvalue weighted by Crippen LogP contribution is -2.31. The van der Waals surface area contributed by atoms with Gasteiger partial charge in [0.05, 0.1) is 22.6 Å². The molecular formula is C22H17ClF3NO4S. The van der Waals surface area contributed by atoms with Crippen LogP contribution >= 0.6 is 11.6 Å². The first-order valence-corrected chi connectivity index (χ1v) is 11.3. The molecule has 0 bridgehead atoms. The van der Waals surface area contributed by atoms with Gasteiger partial charge in [-0.05, 0) is 41.5 Å². The quantitative estimate of drug-likeness (QED) is 0.292. The second-order valence-corrected chi connectivity index (χ2v) is 9.58. The van der Waals surface area contributed by atoms with E-state index in [0.717, 1.165) is 24.3 Å². The maximum absolute atomic E-state index is 13.1. The van der Waals surface area contributed by atoms with Crippen LogP contribution in [0, 0.1) is 12.1 Å². The van der Waals surface area contributed by atoms with Crippen LogP contribution in [-0.4, -0.2) is 20.4 Å². The van der Waals surface area contributed by atoms with Crippen molar-refractivity contribution < 1.29 is 31.1 Å². The summed E-state index contributed by atoms with van der Waals surface area (Å²) >= 11 is 6.02. The van der Waals surface area contributed by atoms with Crippen LogP contribution in [0.5, 0.6) is 0 Å². The summed E-state index contributed by atoms with van der Waals surface area (Å²) in [5, 5.41) is 12.0. The van der Waals surface area contributed by atoms with E-state index >= 15 is 0 Å². The Bertz CT molecular complexity index is 1270. The van der Waals surface area contributed by atoms with E-state index in [9.17, 15) is 31.6 Å². The monoisotopic (exact) mass is 483 g/mol. The van der Waals surface area contributed by atoms with E-state index in [1.807, 2.05) is 0 Å². The van der Waals surface area contributed by atoms with E-state index < -0.39 is 34.0 Å². The summed E-state index contributed by atoms with van der Waals surface area (Å²) < 4.78 is 63.9. The Hall–Kier alpha value is -2.91. The van der Waals surface area contributed by atoms with Crippen LogP contribution in [0.15, 0.2) is 65.7 Å². The summed E-state index contributed by atoms with van der Waals surface area (Å²) in [4.78, 5) is 12.9. The van der Waals surface area contributed by atoms with Gasteiger partial charge in [0.1, 0.15) is 0 Å². The highest BCUT2D eigenvalue weighted by molar-refractivity contribution is 7.90. The SMILES string of the molecule is Cc1c(C(=O)c2cc(Cl)ccc2CS(=O)(=O)c2ccc(CC(F)(F)F)cc2)ccc[n+]1[O-]. The van der Waals surface area contributed by atoms with Crippen LogP contribution in [0.2, 0.25) is 5.02 Å². The number of hydrogen-bond acceptors (Lipinski definition) is 4. The third-order valence-corrected chi connectivity index (χ3v) is 6.71. The molecule has 0 saturated carbocycles. The number of carbonyl (C=O) groups excluding carboxylic acids is 1. The van der Waals surface area contributed by atoms with Gasteiger partial charge in [-0.15, -0.1) is 0 Å². The second kappa shape index (κ2) is 8.91. The van der Waals surface area contributed by atoms with Gasteiger partial charge < -0.3 is 5.21 Å². The highest BCUT2D eigenvalue weighted by atomic mass is 35.5. The molecule has 1 aromatic heterocycles. The molecule has 2 aromatic carbocycles. The van der Waals surface area contributed by atoms with Gasteiger partial charge in [-0.25, -0.2) is 8.42 Å². The molecule has 3 aromatic rings. The average molecular weight is 484 g/mol. The minimum atomic E-state index is -4.41. The first-order chi connectivity index (χ1) is 14.9. The third-order valence-electron chi connectivity index (χ3n) is 4.80. The Morgan fingerprint density at radius 2 is 1.72 bits per heavy atom. The Morgan fingerprint density at radius 1 is 1.06 bits per heavy atom. The molecule has 3 rings (SSSR count). The summed E-state index contributed by atoms with van der Waals surface area (Å²) in [6.45, 7) is 1.46. The van der Waals surface area contributed by atoms with Crippen molar-refractivity contribution in [3.05, 3.63) is 99.0 Å². The molecule has 0 amide bonds. The molecule has 5 nitrogen and oxygen atoms in total. The minimum absolute atomic E-state index is 0.0177. The van der Waals surface area contributed by atoms with Gasteiger partial charge in [0.15, 0.2) is 21.8 Å². The number of ketones is 1. The molecule has 0 spiro atoms. The van der Waals surface area contributed by atoms with Crippen molar-refractivity contribution in [3.63, 3.8) is 0 Å². The number of aromatic nitrogens is 1. The average Bonchev–Trinajstić information content (AvgIpc) is 2.70. The number of alkyl halides is 3. The molecule has 0 atom stereocenters. The van der Waals surface area contributed by atoms with E-state index in [1.54, 1.807) is 0 Å². The number of hydrogen-bond donors (Lipinski definition) is 0. The highest BCUT2D eigenvalue weighted by Crippen LogP contribution is 2.26. The summed E-state index contributed by atoms with van der Waals surface area (Å²) in [5.41, 5.74) is 0.347. The lowest BCUT2D eigenvalue weighted by molar-refractivity contribution is -0.612. The van der Waals surface area contributed by atoms with Crippen molar-refractivity contribution in [3.8, 4) is 0 Å². The lowest BCUT2D eigenvalue weighted by Gasteiger charge is -2.12. The van der Waals surface area contributed by atoms with Crippen LogP contribution < -0.4 is 4.73 Å². The standard InChI is InChI=1S/C22H17ClF3NO4S/c1-14-19(3-2-10-27(14)29)21(28)20-11-17(23)7-6-16(20)13-32(30,31)18-8-4-15(5-9-18)12-22(24,25)26/h2-11H,12-13H2,1H3. The van der Waals surface area contributed by atoms with Crippen LogP contribution in [0.3, 0.4) is 0 Å². The van der Waals surface area contributed by atoms with Gasteiger partial charge in [-0.1, -0.05) is 29.8 Å². The van der Waals surface area contributed by atoms with Crippen LogP contribution in [0.25, 0.3) is 0 Å². The fourth-order valence-corrected chi connectivity index (χ4v) is 4.72. The smallest absolute Gasteiger partial charge is 0.393 e. The van der Waals surface area contributed by atoms with E-state index in [2.05, 4.69) is 0 Å². The molecule has 0 aliphatic heterocycles. The van der Waals surface area contributed by atoms with Gasteiger partial charge in [-0.3, -0.25) is 4.79 Å². The Morgan fingerprint density at radius 3 is 2.34 bits per heavy atom. The first kappa shape index (κ1) is 23.7. The zero-order valence-corrected chi connectivity index (χ0v) is 18.3. The van der Waals surface area contributed by atoms with E-state index in [4.69, 9.17) is 11.6 Å². The van der Waals surface area contributed by atoms with Crippen molar-refractivity contribution in [1.82, 2.24) is 0 Å². The van der Waals surface area contributed by atoms with Gasteiger partial charge in [0.2, 0.25) is 5.69 Å². The molecule has 0 aliphatic carbocycles. The molecule has 0 unspecified atom stereocenters. The van der Waals surface area contributed by atoms with E-state index in [0.29, 0.717) is 4.73 Å². The van der Waals surface area contributed by atoms with Gasteiger partial charge in [-0.2, -0.15) is 17.9 Å². The Kier molecular flexibility index (Phi) is 6.61. The van der Waals surface area contributed by atoms with E-state index in [1.165, 1.54) is 43.5 Å². The van der Waals surface area contributed by atoms with Crippen LogP contribution in [0.1, 0.15) is 32.7 Å². The normalized spacial score (nSPS) is 12.0. The molecule has 168 valence electrons. The number of pyridine rings is 1. The number of nitrogens with zero attached hydrogens (tertiary/aromatic N) is 1. The molecule has 0 fully saturated rings. The number of carbonyl (C=O) groups is 1. The molecule has 0 radical (unpaired) electrons. The van der Waals surface area contributed by atoms with Gasteiger partial charge in [0.25, 0.3) is 0 Å². The van der Waals surface area contributed by atoms with Crippen LogP contribution in [0.4, 0.5) is 13.2 Å². The minimum Gasteiger partial charge on any atom is -0.618 e. The Balaban J connectivity index is 1.95. The topological polar surface area (TPSA) is 78.2 Å².